The number of hydrogen-bond acceptors (Lipinski definition) is 2. The van der Waals surface area contributed by atoms with Crippen molar-refractivity contribution in [3.05, 3.63) is 12.2 Å². The molecule has 3 heteroatoms. The summed E-state index contributed by atoms with van der Waals surface area (Å²) in [4.78, 5) is 11.0. The average molecular weight is 352 g/mol. The molecule has 0 spiro atoms. The van der Waals surface area contributed by atoms with Gasteiger partial charge < -0.3 is 4.74 Å². The lowest BCUT2D eigenvalue weighted by Crippen LogP contribution is -1.99. The van der Waals surface area contributed by atoms with E-state index in [0.717, 1.165) is 16.8 Å². The van der Waals surface area contributed by atoms with Crippen LogP contribution in [-0.2, 0) is 9.53 Å². The number of carbonyl (C=O) groups is 1. The van der Waals surface area contributed by atoms with Gasteiger partial charge in [0.05, 0.1) is 6.61 Å². The second kappa shape index (κ2) is 12.4. The lowest BCUT2D eigenvalue weighted by atomic mass is 10.1. The van der Waals surface area contributed by atoms with Crippen LogP contribution in [0.1, 0.15) is 58.8 Å². The zero-order chi connectivity index (χ0) is 12.9. The SMILES string of the molecule is CCCCCC(I)CCC/C=C/C(=O)OCC. The molecule has 0 bridgehead atoms. The summed E-state index contributed by atoms with van der Waals surface area (Å²) in [5.74, 6) is -0.221. The molecule has 0 aromatic rings. The third kappa shape index (κ3) is 12.2. The summed E-state index contributed by atoms with van der Waals surface area (Å²) < 4.78 is 5.59. The number of alkyl halides is 1. The van der Waals surface area contributed by atoms with E-state index < -0.39 is 0 Å². The number of esters is 1. The van der Waals surface area contributed by atoms with Gasteiger partial charge in [0.15, 0.2) is 0 Å². The normalized spacial score (nSPS) is 12.9. The molecule has 0 radical (unpaired) electrons. The van der Waals surface area contributed by atoms with E-state index in [2.05, 4.69) is 29.5 Å². The van der Waals surface area contributed by atoms with E-state index >= 15 is 0 Å². The molecule has 0 rings (SSSR count). The van der Waals surface area contributed by atoms with Gasteiger partial charge in [0.25, 0.3) is 0 Å². The molecule has 0 aliphatic heterocycles. The zero-order valence-corrected chi connectivity index (χ0v) is 13.2. The summed E-state index contributed by atoms with van der Waals surface area (Å²) in [6.07, 6.45) is 12.2. The van der Waals surface area contributed by atoms with Crippen LogP contribution in [0.3, 0.4) is 0 Å². The molecule has 0 aromatic carbocycles. The molecule has 0 N–H and O–H groups in total. The highest BCUT2D eigenvalue weighted by molar-refractivity contribution is 14.1. The van der Waals surface area contributed by atoms with E-state index in [9.17, 15) is 4.79 Å². The van der Waals surface area contributed by atoms with Gasteiger partial charge in [-0.3, -0.25) is 0 Å². The molecule has 0 aliphatic rings. The Morgan fingerprint density at radius 1 is 1.24 bits per heavy atom. The van der Waals surface area contributed by atoms with Crippen LogP contribution in [0.2, 0.25) is 0 Å². The Labute approximate surface area is 119 Å². The molecular weight excluding hydrogens is 327 g/mol. The third-order valence-electron chi connectivity index (χ3n) is 2.55. The predicted molar refractivity (Wildman–Crippen MR) is 81.6 cm³/mol. The van der Waals surface area contributed by atoms with E-state index in [0.29, 0.717) is 6.61 Å². The number of rotatable bonds is 10. The summed E-state index contributed by atoms with van der Waals surface area (Å²) in [7, 11) is 0. The smallest absolute Gasteiger partial charge is 0.330 e. The van der Waals surface area contributed by atoms with Crippen LogP contribution in [0.15, 0.2) is 12.2 Å². The molecule has 0 fully saturated rings. The molecule has 0 aliphatic carbocycles. The highest BCUT2D eigenvalue weighted by Gasteiger charge is 2.02. The quantitative estimate of drug-likeness (QED) is 0.188. The van der Waals surface area contributed by atoms with Gasteiger partial charge in [-0.05, 0) is 32.6 Å². The Kier molecular flexibility index (Phi) is 12.4. The van der Waals surface area contributed by atoms with Gasteiger partial charge in [-0.1, -0.05) is 54.9 Å². The first kappa shape index (κ1) is 16.9. The molecule has 100 valence electrons. The molecule has 0 saturated heterocycles. The second-order valence-electron chi connectivity index (χ2n) is 4.18. The molecule has 0 amide bonds. The van der Waals surface area contributed by atoms with Gasteiger partial charge in [-0.2, -0.15) is 0 Å². The Morgan fingerprint density at radius 3 is 2.59 bits per heavy atom. The van der Waals surface area contributed by atoms with Crippen molar-refractivity contribution in [2.45, 2.75) is 62.7 Å². The molecule has 1 unspecified atom stereocenters. The number of halogens is 1. The maximum absolute atomic E-state index is 11.0. The van der Waals surface area contributed by atoms with Crippen molar-refractivity contribution in [3.63, 3.8) is 0 Å². The highest BCUT2D eigenvalue weighted by Crippen LogP contribution is 2.17. The number of allylic oxidation sites excluding steroid dienone is 1. The van der Waals surface area contributed by atoms with Gasteiger partial charge >= 0.3 is 5.97 Å². The summed E-state index contributed by atoms with van der Waals surface area (Å²) in [6, 6.07) is 0. The molecular formula is C14H25IO2. The number of hydrogen-bond donors (Lipinski definition) is 0. The largest absolute Gasteiger partial charge is 0.463 e. The van der Waals surface area contributed by atoms with Crippen molar-refractivity contribution in [2.24, 2.45) is 0 Å². The van der Waals surface area contributed by atoms with E-state index in [1.807, 2.05) is 13.0 Å². The fraction of sp³-hybridized carbons (Fsp3) is 0.786. The molecule has 0 saturated carbocycles. The van der Waals surface area contributed by atoms with E-state index in [-0.39, 0.29) is 5.97 Å². The van der Waals surface area contributed by atoms with Crippen LogP contribution in [0.4, 0.5) is 0 Å². The molecule has 1 atom stereocenters. The summed E-state index contributed by atoms with van der Waals surface area (Å²) >= 11 is 2.54. The fourth-order valence-corrected chi connectivity index (χ4v) is 2.47. The highest BCUT2D eigenvalue weighted by atomic mass is 127. The second-order valence-corrected chi connectivity index (χ2v) is 5.94. The summed E-state index contributed by atoms with van der Waals surface area (Å²) in [5.41, 5.74) is 0. The molecule has 17 heavy (non-hydrogen) atoms. The van der Waals surface area contributed by atoms with Gasteiger partial charge in [0.1, 0.15) is 0 Å². The standard InChI is InChI=1S/C14H25IO2/c1-3-5-7-10-13(15)11-8-6-9-12-14(16)17-4-2/h9,12-13H,3-8,10-11H2,1-2H3/b12-9+. The molecule has 2 nitrogen and oxygen atoms in total. The van der Waals surface area contributed by atoms with Crippen LogP contribution in [-0.4, -0.2) is 16.5 Å². The van der Waals surface area contributed by atoms with Crippen molar-refractivity contribution < 1.29 is 9.53 Å². The minimum Gasteiger partial charge on any atom is -0.463 e. The Bertz CT molecular complexity index is 214. The van der Waals surface area contributed by atoms with E-state index in [4.69, 9.17) is 4.74 Å². The number of unbranched alkanes of at least 4 members (excludes halogenated alkanes) is 3. The number of carbonyl (C=O) groups excluding carboxylic acids is 1. The lowest BCUT2D eigenvalue weighted by molar-refractivity contribution is -0.137. The van der Waals surface area contributed by atoms with Gasteiger partial charge in [-0.15, -0.1) is 0 Å². The predicted octanol–water partition coefficient (Wildman–Crippen LogP) is 4.66. The Balaban J connectivity index is 3.40. The van der Waals surface area contributed by atoms with Crippen LogP contribution in [0.25, 0.3) is 0 Å². The average Bonchev–Trinajstić information content (AvgIpc) is 2.29. The zero-order valence-electron chi connectivity index (χ0n) is 11.1. The monoisotopic (exact) mass is 352 g/mol. The Hall–Kier alpha value is -0.0600. The topological polar surface area (TPSA) is 26.3 Å². The molecule has 0 heterocycles. The van der Waals surface area contributed by atoms with Crippen LogP contribution < -0.4 is 0 Å². The summed E-state index contributed by atoms with van der Waals surface area (Å²) in [5, 5.41) is 0. The van der Waals surface area contributed by atoms with Crippen LogP contribution >= 0.6 is 22.6 Å². The maximum Gasteiger partial charge on any atom is 0.330 e. The Morgan fingerprint density at radius 2 is 1.94 bits per heavy atom. The van der Waals surface area contributed by atoms with Gasteiger partial charge in [0, 0.05) is 10.0 Å². The summed E-state index contributed by atoms with van der Waals surface area (Å²) in [6.45, 7) is 4.52. The van der Waals surface area contributed by atoms with Crippen molar-refractivity contribution in [2.75, 3.05) is 6.61 Å². The van der Waals surface area contributed by atoms with Crippen LogP contribution in [0.5, 0.6) is 0 Å². The van der Waals surface area contributed by atoms with Crippen molar-refractivity contribution >= 4 is 28.6 Å². The van der Waals surface area contributed by atoms with E-state index in [1.165, 1.54) is 32.1 Å². The van der Waals surface area contributed by atoms with E-state index in [1.54, 1.807) is 6.08 Å². The minimum absolute atomic E-state index is 0.221. The first-order valence-electron chi connectivity index (χ1n) is 6.68. The molecule has 0 aromatic heterocycles. The lowest BCUT2D eigenvalue weighted by Gasteiger charge is -2.07. The maximum atomic E-state index is 11.0. The van der Waals surface area contributed by atoms with Crippen molar-refractivity contribution in [1.82, 2.24) is 0 Å². The first-order valence-corrected chi connectivity index (χ1v) is 7.92. The number of ether oxygens (including phenoxy) is 1. The fourth-order valence-electron chi connectivity index (χ4n) is 1.59. The van der Waals surface area contributed by atoms with Gasteiger partial charge in [0.2, 0.25) is 0 Å². The van der Waals surface area contributed by atoms with Crippen molar-refractivity contribution in [3.8, 4) is 0 Å². The van der Waals surface area contributed by atoms with Crippen molar-refractivity contribution in [1.29, 1.82) is 0 Å². The van der Waals surface area contributed by atoms with Crippen LogP contribution in [0, 0.1) is 0 Å². The minimum atomic E-state index is -0.221. The first-order chi connectivity index (χ1) is 8.20. The van der Waals surface area contributed by atoms with Gasteiger partial charge in [-0.25, -0.2) is 4.79 Å². The third-order valence-corrected chi connectivity index (χ3v) is 3.80.